The van der Waals surface area contributed by atoms with Crippen molar-refractivity contribution in [2.24, 2.45) is 0 Å². The molecular formula is C33H30Cl2F4N6O4. The van der Waals surface area contributed by atoms with Crippen molar-refractivity contribution in [3.8, 4) is 17.1 Å². The molecule has 6 rings (SSSR count). The van der Waals surface area contributed by atoms with Gasteiger partial charge >= 0.3 is 6.18 Å². The number of hydrogen-bond acceptors (Lipinski definition) is 7. The minimum absolute atomic E-state index is 0.00536. The molecule has 16 heteroatoms. The van der Waals surface area contributed by atoms with Gasteiger partial charge in [-0.15, -0.1) is 0 Å². The van der Waals surface area contributed by atoms with E-state index in [1.807, 2.05) is 0 Å². The molecule has 10 nitrogen and oxygen atoms in total. The summed E-state index contributed by atoms with van der Waals surface area (Å²) in [4.78, 5) is 49.6. The van der Waals surface area contributed by atoms with Crippen LogP contribution in [0.2, 0.25) is 10.0 Å². The number of nitrogen functional groups attached to an aromatic ring is 1. The molecule has 2 aliphatic heterocycles. The van der Waals surface area contributed by atoms with E-state index < -0.39 is 56.8 Å². The van der Waals surface area contributed by atoms with Crippen LogP contribution in [0, 0.1) is 5.82 Å². The first-order valence-corrected chi connectivity index (χ1v) is 16.2. The maximum absolute atomic E-state index is 15.8. The van der Waals surface area contributed by atoms with Gasteiger partial charge in [-0.25, -0.2) is 4.39 Å². The van der Waals surface area contributed by atoms with Crippen molar-refractivity contribution >= 4 is 51.4 Å². The standard InChI is InChI=1S/C33H30Cl2F4N6O4/c1-4-16-13-41-14-17(5-2)26(16)45-28-19(27-30(32(45)48)49-10-7-18-15-42(23(46)6-3)8-9-43(18)27)11-22(33(37,38)39)44(31(28)47)29-24(36)20(34)12-21(35)25(29)40/h6,11-14,18H,3-5,7-10,15,40H2,1-2H3/t18-/m0/s1. The van der Waals surface area contributed by atoms with Crippen molar-refractivity contribution in [3.63, 3.8) is 0 Å². The van der Waals surface area contributed by atoms with Crippen LogP contribution >= 0.6 is 23.2 Å². The lowest BCUT2D eigenvalue weighted by atomic mass is 10.0. The zero-order chi connectivity index (χ0) is 35.5. The van der Waals surface area contributed by atoms with E-state index in [-0.39, 0.29) is 64.2 Å². The Hall–Kier alpha value is -4.56. The Morgan fingerprint density at radius 2 is 1.71 bits per heavy atom. The number of piperazine rings is 1. The van der Waals surface area contributed by atoms with Crippen LogP contribution in [0.4, 0.5) is 28.9 Å². The molecule has 258 valence electrons. The molecule has 3 aromatic heterocycles. The second-order valence-electron chi connectivity index (χ2n) is 11.7. The molecule has 2 N–H and O–H groups in total. The first-order valence-electron chi connectivity index (χ1n) is 15.4. The number of ether oxygens (including phenoxy) is 1. The Morgan fingerprint density at radius 3 is 2.33 bits per heavy atom. The molecule has 4 aromatic rings. The van der Waals surface area contributed by atoms with E-state index >= 15 is 17.6 Å². The van der Waals surface area contributed by atoms with Crippen LogP contribution in [0.1, 0.15) is 37.1 Å². The second kappa shape index (κ2) is 12.7. The highest BCUT2D eigenvalue weighted by Gasteiger charge is 2.41. The SMILES string of the molecule is C=CC(=O)N1CCN2c3c(c(=O)n(-c4c(CC)cncc4CC)c4c(=O)n(-c5c(N)c(Cl)cc(Cl)c5F)c(C(F)(F)F)cc34)OCC[C@H]2C1. The molecule has 1 atom stereocenters. The molecule has 5 heterocycles. The topological polar surface area (TPSA) is 116 Å². The zero-order valence-electron chi connectivity index (χ0n) is 26.3. The molecule has 0 bridgehead atoms. The number of carbonyl (C=O) groups is 1. The van der Waals surface area contributed by atoms with Crippen LogP contribution in [0.15, 0.2) is 46.8 Å². The van der Waals surface area contributed by atoms with E-state index in [1.54, 1.807) is 23.6 Å². The number of amides is 1. The number of hydrogen-bond donors (Lipinski definition) is 1. The van der Waals surface area contributed by atoms with E-state index in [0.717, 1.165) is 10.6 Å². The fourth-order valence-corrected chi connectivity index (χ4v) is 7.12. The fraction of sp³-hybridized carbons (Fsp3) is 0.333. The molecule has 49 heavy (non-hydrogen) atoms. The summed E-state index contributed by atoms with van der Waals surface area (Å²) in [5.41, 5.74) is 1.30. The second-order valence-corrected chi connectivity index (χ2v) is 12.5. The summed E-state index contributed by atoms with van der Waals surface area (Å²) in [6.45, 7) is 7.55. The third kappa shape index (κ3) is 5.50. The number of aryl methyl sites for hydroxylation is 2. The molecule has 0 aliphatic carbocycles. The summed E-state index contributed by atoms with van der Waals surface area (Å²) >= 11 is 12.2. The monoisotopic (exact) mass is 720 g/mol. The third-order valence-electron chi connectivity index (χ3n) is 8.98. The number of carbonyl (C=O) groups excluding carboxylic acids is 1. The van der Waals surface area contributed by atoms with E-state index in [2.05, 4.69) is 11.6 Å². The van der Waals surface area contributed by atoms with Gasteiger partial charge in [0.15, 0.2) is 5.82 Å². The fourth-order valence-electron chi connectivity index (χ4n) is 6.67. The summed E-state index contributed by atoms with van der Waals surface area (Å²) in [6, 6.07) is 1.11. The van der Waals surface area contributed by atoms with Crippen LogP contribution in [-0.2, 0) is 23.8 Å². The molecule has 0 spiro atoms. The quantitative estimate of drug-likeness (QED) is 0.122. The van der Waals surface area contributed by atoms with Crippen LogP contribution in [0.5, 0.6) is 5.75 Å². The highest BCUT2D eigenvalue weighted by molar-refractivity contribution is 6.37. The van der Waals surface area contributed by atoms with Gasteiger partial charge in [-0.2, -0.15) is 13.2 Å². The minimum Gasteiger partial charge on any atom is -0.486 e. The van der Waals surface area contributed by atoms with Gasteiger partial charge in [0.2, 0.25) is 11.7 Å². The first-order chi connectivity index (χ1) is 23.2. The minimum atomic E-state index is -5.26. The summed E-state index contributed by atoms with van der Waals surface area (Å²) in [6.07, 6.45) is -0.105. The Kier molecular flexibility index (Phi) is 8.90. The number of aromatic nitrogens is 3. The van der Waals surface area contributed by atoms with Crippen molar-refractivity contribution in [1.82, 2.24) is 19.0 Å². The number of nitrogens with two attached hydrogens (primary N) is 1. The molecule has 0 saturated carbocycles. The summed E-state index contributed by atoms with van der Waals surface area (Å²) < 4.78 is 68.2. The van der Waals surface area contributed by atoms with Crippen LogP contribution in [-0.4, -0.2) is 57.2 Å². The van der Waals surface area contributed by atoms with Gasteiger partial charge in [0.05, 0.1) is 39.8 Å². The average Bonchev–Trinajstić information content (AvgIpc) is 3.27. The molecule has 1 fully saturated rings. The number of pyridine rings is 3. The highest BCUT2D eigenvalue weighted by Crippen LogP contribution is 2.43. The van der Waals surface area contributed by atoms with Crippen molar-refractivity contribution in [2.45, 2.75) is 45.3 Å². The number of fused-ring (bicyclic) bond motifs is 5. The normalized spacial score (nSPS) is 16.2. The highest BCUT2D eigenvalue weighted by atomic mass is 35.5. The number of anilines is 2. The molecule has 1 saturated heterocycles. The van der Waals surface area contributed by atoms with Crippen LogP contribution < -0.4 is 26.5 Å². The van der Waals surface area contributed by atoms with E-state index in [0.29, 0.717) is 36.5 Å². The summed E-state index contributed by atoms with van der Waals surface area (Å²) in [7, 11) is 0. The van der Waals surface area contributed by atoms with E-state index in [9.17, 15) is 14.4 Å². The van der Waals surface area contributed by atoms with E-state index in [4.69, 9.17) is 33.7 Å². The molecular weight excluding hydrogens is 691 g/mol. The number of rotatable bonds is 5. The lowest BCUT2D eigenvalue weighted by Crippen LogP contribution is -2.54. The zero-order valence-corrected chi connectivity index (χ0v) is 27.8. The summed E-state index contributed by atoms with van der Waals surface area (Å²) in [5.74, 6) is -2.01. The van der Waals surface area contributed by atoms with Gasteiger partial charge < -0.3 is 20.3 Å². The first kappa shape index (κ1) is 34.3. The molecule has 2 aliphatic rings. The number of benzene rings is 1. The van der Waals surface area contributed by atoms with Gasteiger partial charge in [0.1, 0.15) is 16.9 Å². The Labute approximate surface area is 286 Å². The van der Waals surface area contributed by atoms with Crippen LogP contribution in [0.3, 0.4) is 0 Å². The third-order valence-corrected chi connectivity index (χ3v) is 9.57. The van der Waals surface area contributed by atoms with Crippen molar-refractivity contribution < 1.29 is 27.1 Å². The number of nitrogens with zero attached hydrogens (tertiary/aromatic N) is 5. The smallest absolute Gasteiger partial charge is 0.431 e. The van der Waals surface area contributed by atoms with Crippen LogP contribution in [0.25, 0.3) is 22.3 Å². The van der Waals surface area contributed by atoms with Gasteiger partial charge in [0.25, 0.3) is 11.1 Å². The Balaban J connectivity index is 1.85. The molecule has 1 amide bonds. The van der Waals surface area contributed by atoms with Crippen molar-refractivity contribution in [1.29, 1.82) is 0 Å². The predicted octanol–water partition coefficient (Wildman–Crippen LogP) is 5.69. The summed E-state index contributed by atoms with van der Waals surface area (Å²) in [5, 5.41) is -1.33. The molecule has 1 aromatic carbocycles. The van der Waals surface area contributed by atoms with Gasteiger partial charge in [-0.1, -0.05) is 43.6 Å². The molecule has 0 radical (unpaired) electrons. The maximum Gasteiger partial charge on any atom is 0.431 e. The Bertz CT molecular complexity index is 2120. The Morgan fingerprint density at radius 1 is 1.04 bits per heavy atom. The predicted molar refractivity (Wildman–Crippen MR) is 179 cm³/mol. The lowest BCUT2D eigenvalue weighted by molar-refractivity contribution is -0.142. The van der Waals surface area contributed by atoms with Crippen molar-refractivity contribution in [2.75, 3.05) is 36.9 Å². The maximum atomic E-state index is 15.8. The average molecular weight is 722 g/mol. The van der Waals surface area contributed by atoms with E-state index in [1.165, 1.54) is 18.5 Å². The van der Waals surface area contributed by atoms with Gasteiger partial charge in [-0.05, 0) is 42.2 Å². The lowest BCUT2D eigenvalue weighted by Gasteiger charge is -2.42. The number of alkyl halides is 3. The van der Waals surface area contributed by atoms with Gasteiger partial charge in [-0.3, -0.25) is 28.5 Å². The largest absolute Gasteiger partial charge is 0.486 e. The molecule has 0 unspecified atom stereocenters. The van der Waals surface area contributed by atoms with Gasteiger partial charge in [0, 0.05) is 43.8 Å². The van der Waals surface area contributed by atoms with Crippen molar-refractivity contribution in [3.05, 3.63) is 90.6 Å². The number of halogens is 6.